The second-order valence-electron chi connectivity index (χ2n) is 4.38. The Kier molecular flexibility index (Phi) is 3.08. The number of carbonyl (C=O) groups excluding carboxylic acids is 1. The van der Waals surface area contributed by atoms with Gasteiger partial charge in [0, 0.05) is 31.4 Å². The molecule has 16 heavy (non-hydrogen) atoms. The van der Waals surface area contributed by atoms with E-state index in [9.17, 15) is 4.79 Å². The summed E-state index contributed by atoms with van der Waals surface area (Å²) in [7, 11) is 0. The molecule has 0 spiro atoms. The van der Waals surface area contributed by atoms with Crippen LogP contribution in [0.5, 0.6) is 0 Å². The molecule has 0 amide bonds. The molecule has 2 atom stereocenters. The standard InChI is InChI=1S/C12H20N2O2/c1-4-10-9(3)14-7-6-13(10)8-11(14)12(15)16-5-2/h8-10H,4-7H2,1-3H3. The Morgan fingerprint density at radius 2 is 2.25 bits per heavy atom. The molecule has 0 saturated carbocycles. The van der Waals surface area contributed by atoms with E-state index >= 15 is 0 Å². The van der Waals surface area contributed by atoms with Gasteiger partial charge in [-0.25, -0.2) is 4.79 Å². The maximum atomic E-state index is 11.8. The molecule has 3 aliphatic heterocycles. The van der Waals surface area contributed by atoms with Crippen molar-refractivity contribution in [1.82, 2.24) is 9.80 Å². The van der Waals surface area contributed by atoms with Gasteiger partial charge in [0.25, 0.3) is 0 Å². The van der Waals surface area contributed by atoms with Crippen LogP contribution in [-0.4, -0.2) is 47.5 Å². The van der Waals surface area contributed by atoms with Crippen molar-refractivity contribution in [1.29, 1.82) is 0 Å². The lowest BCUT2D eigenvalue weighted by molar-refractivity contribution is -0.142. The Bertz CT molecular complexity index is 314. The van der Waals surface area contributed by atoms with Gasteiger partial charge in [0.15, 0.2) is 0 Å². The lowest BCUT2D eigenvalue weighted by Crippen LogP contribution is -2.60. The van der Waals surface area contributed by atoms with Crippen LogP contribution in [0.2, 0.25) is 0 Å². The van der Waals surface area contributed by atoms with Crippen molar-refractivity contribution in [2.24, 2.45) is 0 Å². The first-order valence-electron chi connectivity index (χ1n) is 6.10. The minimum atomic E-state index is -0.186. The topological polar surface area (TPSA) is 32.8 Å². The van der Waals surface area contributed by atoms with Crippen LogP contribution in [0.3, 0.4) is 0 Å². The van der Waals surface area contributed by atoms with E-state index in [1.54, 1.807) is 0 Å². The molecule has 0 aromatic rings. The van der Waals surface area contributed by atoms with Crippen LogP contribution < -0.4 is 0 Å². The fourth-order valence-corrected chi connectivity index (χ4v) is 2.76. The third kappa shape index (κ3) is 1.66. The lowest BCUT2D eigenvalue weighted by Gasteiger charge is -2.51. The highest BCUT2D eigenvalue weighted by molar-refractivity contribution is 5.88. The third-order valence-electron chi connectivity index (χ3n) is 3.57. The Labute approximate surface area is 96.8 Å². The zero-order valence-corrected chi connectivity index (χ0v) is 10.3. The fourth-order valence-electron chi connectivity index (χ4n) is 2.76. The number of fused-ring (bicyclic) bond motifs is 2. The molecule has 0 aromatic heterocycles. The summed E-state index contributed by atoms with van der Waals surface area (Å²) in [5.41, 5.74) is 0.727. The van der Waals surface area contributed by atoms with E-state index < -0.39 is 0 Å². The summed E-state index contributed by atoms with van der Waals surface area (Å²) in [6.45, 7) is 8.62. The number of esters is 1. The number of ether oxygens (including phenoxy) is 1. The Hall–Kier alpha value is -1.19. The largest absolute Gasteiger partial charge is 0.461 e. The van der Waals surface area contributed by atoms with Crippen LogP contribution in [0, 0.1) is 0 Å². The number of rotatable bonds is 3. The number of hydrogen-bond acceptors (Lipinski definition) is 4. The lowest BCUT2D eigenvalue weighted by atomic mass is 9.97. The molecule has 0 aliphatic carbocycles. The van der Waals surface area contributed by atoms with Crippen LogP contribution >= 0.6 is 0 Å². The van der Waals surface area contributed by atoms with Crippen molar-refractivity contribution < 1.29 is 9.53 Å². The predicted octanol–water partition coefficient (Wildman–Crippen LogP) is 1.19. The zero-order chi connectivity index (χ0) is 11.7. The van der Waals surface area contributed by atoms with Gasteiger partial charge in [-0.15, -0.1) is 0 Å². The first kappa shape index (κ1) is 11.3. The van der Waals surface area contributed by atoms with E-state index in [-0.39, 0.29) is 5.97 Å². The maximum absolute atomic E-state index is 11.8. The molecular weight excluding hydrogens is 204 g/mol. The minimum Gasteiger partial charge on any atom is -0.461 e. The van der Waals surface area contributed by atoms with Crippen molar-refractivity contribution in [2.45, 2.75) is 39.3 Å². The Balaban J connectivity index is 2.20. The number of carbonyl (C=O) groups is 1. The molecule has 1 saturated heterocycles. The molecule has 90 valence electrons. The minimum absolute atomic E-state index is 0.186. The highest BCUT2D eigenvalue weighted by atomic mass is 16.5. The summed E-state index contributed by atoms with van der Waals surface area (Å²) in [5, 5.41) is 0. The van der Waals surface area contributed by atoms with Gasteiger partial charge in [0.2, 0.25) is 0 Å². The molecule has 0 radical (unpaired) electrons. The summed E-state index contributed by atoms with van der Waals surface area (Å²) in [6.07, 6.45) is 3.08. The van der Waals surface area contributed by atoms with E-state index in [1.807, 2.05) is 13.1 Å². The summed E-state index contributed by atoms with van der Waals surface area (Å²) in [6, 6.07) is 0.940. The Morgan fingerprint density at radius 1 is 1.50 bits per heavy atom. The molecule has 4 heteroatoms. The van der Waals surface area contributed by atoms with Crippen molar-refractivity contribution >= 4 is 5.97 Å². The second kappa shape index (κ2) is 4.36. The first-order chi connectivity index (χ1) is 7.69. The number of piperazine rings is 1. The van der Waals surface area contributed by atoms with Crippen LogP contribution in [-0.2, 0) is 9.53 Å². The summed E-state index contributed by atoms with van der Waals surface area (Å²) in [4.78, 5) is 16.2. The normalized spacial score (nSPS) is 28.1. The maximum Gasteiger partial charge on any atom is 0.356 e. The van der Waals surface area contributed by atoms with Crippen LogP contribution in [0.4, 0.5) is 0 Å². The summed E-state index contributed by atoms with van der Waals surface area (Å²) >= 11 is 0. The Morgan fingerprint density at radius 3 is 2.81 bits per heavy atom. The molecule has 2 bridgehead atoms. The van der Waals surface area contributed by atoms with E-state index in [0.29, 0.717) is 18.7 Å². The van der Waals surface area contributed by atoms with Gasteiger partial charge in [-0.3, -0.25) is 0 Å². The fraction of sp³-hybridized carbons (Fsp3) is 0.750. The second-order valence-corrected chi connectivity index (χ2v) is 4.38. The third-order valence-corrected chi connectivity index (χ3v) is 3.57. The van der Waals surface area contributed by atoms with Crippen molar-refractivity contribution in [3.63, 3.8) is 0 Å². The van der Waals surface area contributed by atoms with Gasteiger partial charge < -0.3 is 14.5 Å². The molecule has 2 unspecified atom stereocenters. The molecular formula is C12H20N2O2. The number of hydrogen-bond donors (Lipinski definition) is 0. The van der Waals surface area contributed by atoms with Gasteiger partial charge in [-0.1, -0.05) is 6.92 Å². The van der Waals surface area contributed by atoms with Crippen molar-refractivity contribution in [2.75, 3.05) is 19.7 Å². The van der Waals surface area contributed by atoms with Crippen molar-refractivity contribution in [3.05, 3.63) is 11.9 Å². The molecule has 3 rings (SSSR count). The van der Waals surface area contributed by atoms with Crippen LogP contribution in [0.25, 0.3) is 0 Å². The molecule has 4 nitrogen and oxygen atoms in total. The van der Waals surface area contributed by atoms with E-state index in [4.69, 9.17) is 4.74 Å². The molecule has 1 fully saturated rings. The highest BCUT2D eigenvalue weighted by Gasteiger charge is 2.39. The van der Waals surface area contributed by atoms with Crippen LogP contribution in [0.15, 0.2) is 11.9 Å². The van der Waals surface area contributed by atoms with Gasteiger partial charge in [-0.2, -0.15) is 0 Å². The predicted molar refractivity (Wildman–Crippen MR) is 61.7 cm³/mol. The molecule has 3 aliphatic rings. The van der Waals surface area contributed by atoms with Crippen LogP contribution in [0.1, 0.15) is 27.2 Å². The highest BCUT2D eigenvalue weighted by Crippen LogP contribution is 2.30. The average molecular weight is 224 g/mol. The van der Waals surface area contributed by atoms with Gasteiger partial charge >= 0.3 is 5.97 Å². The van der Waals surface area contributed by atoms with E-state index in [2.05, 4.69) is 23.6 Å². The monoisotopic (exact) mass is 224 g/mol. The van der Waals surface area contributed by atoms with Gasteiger partial charge in [-0.05, 0) is 20.3 Å². The molecule has 0 N–H and O–H groups in total. The first-order valence-corrected chi connectivity index (χ1v) is 6.10. The van der Waals surface area contributed by atoms with E-state index in [0.717, 1.165) is 25.2 Å². The van der Waals surface area contributed by atoms with Crippen molar-refractivity contribution in [3.8, 4) is 0 Å². The average Bonchev–Trinajstić information content (AvgIpc) is 2.30. The van der Waals surface area contributed by atoms with Gasteiger partial charge in [0.1, 0.15) is 5.70 Å². The SMILES string of the molecule is CCOC(=O)C1=CN2CCN1C(C)C2CC. The smallest absolute Gasteiger partial charge is 0.356 e. The summed E-state index contributed by atoms with van der Waals surface area (Å²) in [5.74, 6) is -0.186. The molecule has 3 heterocycles. The summed E-state index contributed by atoms with van der Waals surface area (Å²) < 4.78 is 5.08. The number of nitrogens with zero attached hydrogens (tertiary/aromatic N) is 2. The molecule has 0 aromatic carbocycles. The van der Waals surface area contributed by atoms with E-state index in [1.165, 1.54) is 0 Å². The zero-order valence-electron chi connectivity index (χ0n) is 10.3. The van der Waals surface area contributed by atoms with Gasteiger partial charge in [0.05, 0.1) is 6.61 Å². The quantitative estimate of drug-likeness (QED) is 0.674.